The Kier molecular flexibility index (Phi) is 10.4. The number of nitrogens with zero attached hydrogens (tertiary/aromatic N) is 2. The zero-order chi connectivity index (χ0) is 39.3. The highest BCUT2D eigenvalue weighted by Gasteiger charge is 2.63. The molecule has 0 radical (unpaired) electrons. The molecule has 15 nitrogen and oxygen atoms in total. The summed E-state index contributed by atoms with van der Waals surface area (Å²) in [6, 6.07) is 3.21. The van der Waals surface area contributed by atoms with E-state index in [1.54, 1.807) is 20.1 Å². The van der Waals surface area contributed by atoms with Crippen molar-refractivity contribution in [3.8, 4) is 17.5 Å². The van der Waals surface area contributed by atoms with Gasteiger partial charge in [-0.2, -0.15) is 4.98 Å². The Morgan fingerprint density at radius 1 is 1.18 bits per heavy atom. The van der Waals surface area contributed by atoms with E-state index in [-0.39, 0.29) is 37.1 Å². The van der Waals surface area contributed by atoms with Crippen LogP contribution in [0.3, 0.4) is 0 Å². The molecule has 0 unspecified atom stereocenters. The van der Waals surface area contributed by atoms with E-state index in [4.69, 9.17) is 19.2 Å². The van der Waals surface area contributed by atoms with Crippen LogP contribution >= 0.6 is 0 Å². The van der Waals surface area contributed by atoms with Gasteiger partial charge in [0.1, 0.15) is 29.5 Å². The minimum Gasteiger partial charge on any atom is -0.497 e. The van der Waals surface area contributed by atoms with Gasteiger partial charge in [-0.05, 0) is 93.7 Å². The van der Waals surface area contributed by atoms with E-state index in [9.17, 15) is 32.7 Å². The zero-order valence-electron chi connectivity index (χ0n) is 31.8. The molecule has 55 heavy (non-hydrogen) atoms. The SMILES string of the molecule is CC[C@@H]1C[C@H](C)CC/C=C\[C@@H]2C[C@@]2(C(=O)NS(=O)(=O)C2(C)CC2)NC(=O)[C@@H]2C[C@@H](Oc3nc4c(c5cc(OC)ccc35)CCCO4)CN2C(=O)[C@H]1NC(=O)O. The first kappa shape index (κ1) is 38.7. The molecule has 5 aliphatic rings. The molecule has 7 rings (SSSR count). The standard InChI is InChI=1S/C39H51N5O10S/c1-5-23-17-22(2)9-6-7-10-24-20-39(24,36(47)43-55(50,51)38(3)14-15-38)42-32(45)30-19-26(21-44(30)35(46)31(23)40-37(48)49)54-34-28-13-12-25(52-4)18-29(28)27-11-8-16-53-33(27)41-34/h7,10,12-13,18,22-24,26,30-31,40H,5-6,8-9,11,14-17,19-21H2,1-4H3,(H,42,45)(H,43,47)(H,48,49)/b10-7-/t22-,23-,24-,26-,30+,31+,39-/m1/s1. The number of carbonyl (C=O) groups excluding carboxylic acids is 3. The van der Waals surface area contributed by atoms with E-state index in [1.165, 1.54) is 4.90 Å². The van der Waals surface area contributed by atoms with Crippen molar-refractivity contribution >= 4 is 44.6 Å². The summed E-state index contributed by atoms with van der Waals surface area (Å²) in [5, 5.41) is 16.8. The van der Waals surface area contributed by atoms with Gasteiger partial charge in [-0.3, -0.25) is 19.1 Å². The minimum absolute atomic E-state index is 0.00357. The molecule has 0 spiro atoms. The Morgan fingerprint density at radius 3 is 2.67 bits per heavy atom. The van der Waals surface area contributed by atoms with Crippen LogP contribution in [0, 0.1) is 17.8 Å². The molecule has 2 aliphatic carbocycles. The second-order valence-corrected chi connectivity index (χ2v) is 18.3. The molecule has 2 saturated carbocycles. The number of hydrogen-bond acceptors (Lipinski definition) is 10. The number of nitrogens with one attached hydrogen (secondary N) is 3. The number of rotatable bonds is 8. The Balaban J connectivity index is 1.25. The van der Waals surface area contributed by atoms with Crippen LogP contribution in [0.2, 0.25) is 0 Å². The molecule has 16 heteroatoms. The summed E-state index contributed by atoms with van der Waals surface area (Å²) < 4.78 is 45.6. The fraction of sp³-hybridized carbons (Fsp3) is 0.615. The number of aromatic nitrogens is 1. The van der Waals surface area contributed by atoms with Crippen LogP contribution in [0.15, 0.2) is 30.4 Å². The van der Waals surface area contributed by atoms with Crippen LogP contribution in [0.1, 0.15) is 84.1 Å². The molecule has 298 valence electrons. The number of allylic oxidation sites excluding steroid dienone is 1. The Hall–Kier alpha value is -4.60. The number of fused-ring (bicyclic) bond motifs is 5. The third-order valence-electron chi connectivity index (χ3n) is 12.2. The number of carboxylic acid groups (broad SMARTS) is 1. The van der Waals surface area contributed by atoms with Crippen LogP contribution in [0.4, 0.5) is 4.79 Å². The van der Waals surface area contributed by atoms with Crippen molar-refractivity contribution in [1.82, 2.24) is 25.2 Å². The average molecular weight is 782 g/mol. The van der Waals surface area contributed by atoms with Gasteiger partial charge >= 0.3 is 6.09 Å². The summed E-state index contributed by atoms with van der Waals surface area (Å²) in [6.07, 6.45) is 6.74. The first-order valence-electron chi connectivity index (χ1n) is 19.3. The summed E-state index contributed by atoms with van der Waals surface area (Å²) >= 11 is 0. The van der Waals surface area contributed by atoms with Gasteiger partial charge in [0, 0.05) is 23.3 Å². The maximum absolute atomic E-state index is 14.6. The third-order valence-corrected chi connectivity index (χ3v) is 14.4. The van der Waals surface area contributed by atoms with E-state index >= 15 is 0 Å². The van der Waals surface area contributed by atoms with Crippen LogP contribution in [-0.2, 0) is 30.8 Å². The quantitative estimate of drug-likeness (QED) is 0.284. The van der Waals surface area contributed by atoms with Gasteiger partial charge in [0.05, 0.1) is 25.0 Å². The fourth-order valence-electron chi connectivity index (χ4n) is 8.40. The van der Waals surface area contributed by atoms with Crippen molar-refractivity contribution in [2.75, 3.05) is 20.3 Å². The van der Waals surface area contributed by atoms with Crippen LogP contribution in [-0.4, -0.2) is 96.0 Å². The molecule has 2 aromatic rings. The molecule has 1 saturated heterocycles. The van der Waals surface area contributed by atoms with Crippen molar-refractivity contribution in [2.45, 2.75) is 113 Å². The number of methoxy groups -OCH3 is 1. The largest absolute Gasteiger partial charge is 0.497 e. The highest BCUT2D eigenvalue weighted by molar-refractivity contribution is 7.91. The smallest absolute Gasteiger partial charge is 0.405 e. The molecule has 4 N–H and O–H groups in total. The summed E-state index contributed by atoms with van der Waals surface area (Å²) in [7, 11) is -2.43. The highest BCUT2D eigenvalue weighted by atomic mass is 32.2. The Labute approximate surface area is 321 Å². The van der Waals surface area contributed by atoms with Crippen molar-refractivity contribution < 1.29 is 46.9 Å². The van der Waals surface area contributed by atoms with Crippen molar-refractivity contribution in [1.29, 1.82) is 0 Å². The fourth-order valence-corrected chi connectivity index (χ4v) is 9.71. The molecular formula is C39H51N5O10S. The van der Waals surface area contributed by atoms with E-state index in [1.807, 2.05) is 31.2 Å². The number of ether oxygens (including phenoxy) is 3. The summed E-state index contributed by atoms with van der Waals surface area (Å²) in [5.74, 6) is -1.44. The number of pyridine rings is 1. The normalized spacial score (nSPS) is 30.9. The van der Waals surface area contributed by atoms with Crippen molar-refractivity contribution in [3.63, 3.8) is 0 Å². The van der Waals surface area contributed by atoms with E-state index in [0.29, 0.717) is 55.7 Å². The molecule has 3 aliphatic heterocycles. The monoisotopic (exact) mass is 781 g/mol. The molecule has 4 amide bonds. The molecule has 7 atom stereocenters. The first-order chi connectivity index (χ1) is 26.2. The number of sulfonamides is 1. The van der Waals surface area contributed by atoms with Gasteiger partial charge in [0.25, 0.3) is 5.91 Å². The van der Waals surface area contributed by atoms with Gasteiger partial charge in [-0.25, -0.2) is 13.2 Å². The Morgan fingerprint density at radius 2 is 1.96 bits per heavy atom. The lowest BCUT2D eigenvalue weighted by molar-refractivity contribution is -0.142. The second-order valence-electron chi connectivity index (χ2n) is 16.1. The lowest BCUT2D eigenvalue weighted by atomic mass is 9.85. The third kappa shape index (κ3) is 7.53. The summed E-state index contributed by atoms with van der Waals surface area (Å²) in [5.41, 5.74) is -0.624. The van der Waals surface area contributed by atoms with E-state index in [0.717, 1.165) is 30.2 Å². The van der Waals surface area contributed by atoms with E-state index in [2.05, 4.69) is 22.3 Å². The molecule has 0 bridgehead atoms. The number of benzene rings is 1. The number of carbonyl (C=O) groups is 4. The van der Waals surface area contributed by atoms with Gasteiger partial charge in [-0.15, -0.1) is 0 Å². The predicted molar refractivity (Wildman–Crippen MR) is 201 cm³/mol. The predicted octanol–water partition coefficient (Wildman–Crippen LogP) is 3.83. The second kappa shape index (κ2) is 14.8. The number of aryl methyl sites for hydroxylation is 1. The van der Waals surface area contributed by atoms with Gasteiger partial charge in [0.2, 0.25) is 33.6 Å². The first-order valence-corrected chi connectivity index (χ1v) is 20.8. The van der Waals surface area contributed by atoms with Gasteiger partial charge in [-0.1, -0.05) is 32.4 Å². The van der Waals surface area contributed by atoms with Crippen molar-refractivity contribution in [2.24, 2.45) is 17.8 Å². The van der Waals surface area contributed by atoms with Crippen LogP contribution in [0.25, 0.3) is 10.8 Å². The van der Waals surface area contributed by atoms with E-state index < -0.39 is 68.2 Å². The molecule has 1 aromatic carbocycles. The number of hydrogen-bond donors (Lipinski definition) is 4. The maximum Gasteiger partial charge on any atom is 0.405 e. The van der Waals surface area contributed by atoms with Crippen molar-refractivity contribution in [3.05, 3.63) is 35.9 Å². The molecule has 1 aromatic heterocycles. The van der Waals surface area contributed by atoms with Crippen LogP contribution in [0.5, 0.6) is 17.5 Å². The Bertz CT molecular complexity index is 2020. The maximum atomic E-state index is 14.6. The molecular weight excluding hydrogens is 731 g/mol. The lowest BCUT2D eigenvalue weighted by Gasteiger charge is -2.33. The summed E-state index contributed by atoms with van der Waals surface area (Å²) in [6.45, 7) is 5.96. The topological polar surface area (TPSA) is 203 Å². The molecule has 4 heterocycles. The van der Waals surface area contributed by atoms with Crippen LogP contribution < -0.4 is 29.6 Å². The zero-order valence-corrected chi connectivity index (χ0v) is 32.6. The minimum atomic E-state index is -4.01. The average Bonchev–Trinajstić information content (AvgIpc) is 4.04. The number of amides is 4. The van der Waals surface area contributed by atoms with Gasteiger partial charge in [0.15, 0.2) is 0 Å². The lowest BCUT2D eigenvalue weighted by Crippen LogP contribution is -2.59. The summed E-state index contributed by atoms with van der Waals surface area (Å²) in [4.78, 5) is 61.3. The highest BCUT2D eigenvalue weighted by Crippen LogP contribution is 2.48. The molecule has 3 fully saturated rings. The van der Waals surface area contributed by atoms with Gasteiger partial charge < -0.3 is 34.9 Å².